The third-order valence-corrected chi connectivity index (χ3v) is 4.89. The summed E-state index contributed by atoms with van der Waals surface area (Å²) in [6.45, 7) is 2.43. The quantitative estimate of drug-likeness (QED) is 0.929. The fourth-order valence-electron chi connectivity index (χ4n) is 2.54. The normalized spacial score (nSPS) is 18.3. The molecule has 4 heteroatoms. The minimum absolute atomic E-state index is 0.172. The van der Waals surface area contributed by atoms with E-state index in [1.807, 2.05) is 18.7 Å². The number of ether oxygens (including phenoxy) is 1. The molecule has 2 atom stereocenters. The molecule has 0 amide bonds. The van der Waals surface area contributed by atoms with Gasteiger partial charge in [0.2, 0.25) is 0 Å². The highest BCUT2D eigenvalue weighted by molar-refractivity contribution is 8.00. The lowest BCUT2D eigenvalue weighted by atomic mass is 10.1. The van der Waals surface area contributed by atoms with Crippen molar-refractivity contribution in [2.24, 2.45) is 5.73 Å². The predicted octanol–water partition coefficient (Wildman–Crippen LogP) is 3.94. The third kappa shape index (κ3) is 3.22. The molecule has 0 bridgehead atoms. The molecule has 110 valence electrons. The van der Waals surface area contributed by atoms with Gasteiger partial charge in [-0.25, -0.2) is 4.39 Å². The molecular weight excluding hydrogens is 285 g/mol. The van der Waals surface area contributed by atoms with Gasteiger partial charge in [-0.3, -0.25) is 0 Å². The average Bonchev–Trinajstić information content (AvgIpc) is 2.87. The van der Waals surface area contributed by atoms with E-state index in [2.05, 4.69) is 24.3 Å². The van der Waals surface area contributed by atoms with Crippen LogP contribution in [-0.2, 0) is 6.42 Å². The second kappa shape index (κ2) is 6.08. The van der Waals surface area contributed by atoms with E-state index < -0.39 is 0 Å². The Morgan fingerprint density at radius 3 is 2.90 bits per heavy atom. The number of benzene rings is 2. The number of thioether (sulfide) groups is 1. The number of rotatable bonds is 4. The fraction of sp³-hybridized carbons (Fsp3) is 0.294. The summed E-state index contributed by atoms with van der Waals surface area (Å²) in [4.78, 5) is 1.32. The summed E-state index contributed by atoms with van der Waals surface area (Å²) >= 11 is 1.82. The Hall–Kier alpha value is -1.52. The summed E-state index contributed by atoms with van der Waals surface area (Å²) < 4.78 is 19.3. The number of fused-ring (bicyclic) bond motifs is 1. The van der Waals surface area contributed by atoms with E-state index in [1.165, 1.54) is 22.6 Å². The molecule has 0 saturated heterocycles. The lowest BCUT2D eigenvalue weighted by molar-refractivity contribution is 0.311. The van der Waals surface area contributed by atoms with Crippen molar-refractivity contribution in [3.05, 3.63) is 59.4 Å². The van der Waals surface area contributed by atoms with Crippen LogP contribution in [0.2, 0.25) is 0 Å². The zero-order chi connectivity index (χ0) is 14.8. The van der Waals surface area contributed by atoms with Crippen LogP contribution in [0.3, 0.4) is 0 Å². The molecule has 2 aromatic rings. The van der Waals surface area contributed by atoms with Crippen LogP contribution in [0.1, 0.15) is 24.1 Å². The molecule has 0 fully saturated rings. The smallest absolute Gasteiger partial charge is 0.127 e. The van der Waals surface area contributed by atoms with Crippen LogP contribution in [0, 0.1) is 5.82 Å². The molecule has 2 N–H and O–H groups in total. The summed E-state index contributed by atoms with van der Waals surface area (Å²) in [5.74, 6) is 0.262. The monoisotopic (exact) mass is 303 g/mol. The van der Waals surface area contributed by atoms with Gasteiger partial charge in [-0.05, 0) is 31.0 Å². The maximum absolute atomic E-state index is 13.4. The van der Waals surface area contributed by atoms with E-state index in [0.29, 0.717) is 17.6 Å². The van der Waals surface area contributed by atoms with E-state index in [0.717, 1.165) is 12.0 Å². The zero-order valence-electron chi connectivity index (χ0n) is 11.9. The van der Waals surface area contributed by atoms with Crippen molar-refractivity contribution in [3.8, 4) is 5.75 Å². The Labute approximate surface area is 128 Å². The minimum atomic E-state index is -0.295. The number of halogens is 1. The van der Waals surface area contributed by atoms with Crippen LogP contribution in [-0.4, -0.2) is 11.9 Å². The van der Waals surface area contributed by atoms with Crippen LogP contribution >= 0.6 is 11.8 Å². The maximum atomic E-state index is 13.4. The molecule has 0 aromatic heterocycles. The van der Waals surface area contributed by atoms with Crippen molar-refractivity contribution in [2.45, 2.75) is 29.5 Å². The van der Waals surface area contributed by atoms with E-state index in [4.69, 9.17) is 10.5 Å². The summed E-state index contributed by atoms with van der Waals surface area (Å²) in [5, 5.41) is 0.367. The van der Waals surface area contributed by atoms with Gasteiger partial charge in [-0.2, -0.15) is 0 Å². The largest absolute Gasteiger partial charge is 0.492 e. The summed E-state index contributed by atoms with van der Waals surface area (Å²) in [7, 11) is 0. The molecule has 21 heavy (non-hydrogen) atoms. The highest BCUT2D eigenvalue weighted by atomic mass is 32.2. The Bertz CT molecular complexity index is 619. The number of hydrogen-bond acceptors (Lipinski definition) is 3. The second-order valence-electron chi connectivity index (χ2n) is 5.33. The van der Waals surface area contributed by atoms with Gasteiger partial charge < -0.3 is 10.5 Å². The first-order valence-electron chi connectivity index (χ1n) is 7.06. The SMILES string of the molecule is C[C@@H](N)c1ccc(F)cc1OCC1Cc2ccccc2S1. The molecule has 0 aliphatic carbocycles. The standard InChI is InChI=1S/C17H18FNOS/c1-11(19)15-7-6-13(18)9-16(15)20-10-14-8-12-4-2-3-5-17(12)21-14/h2-7,9,11,14H,8,10,19H2,1H3/t11-,14?/m1/s1. The molecule has 2 nitrogen and oxygen atoms in total. The van der Waals surface area contributed by atoms with Crippen molar-refractivity contribution >= 4 is 11.8 Å². The van der Waals surface area contributed by atoms with Gasteiger partial charge in [-0.1, -0.05) is 24.3 Å². The molecule has 1 unspecified atom stereocenters. The van der Waals surface area contributed by atoms with Gasteiger partial charge in [0.05, 0.1) is 0 Å². The molecule has 2 aromatic carbocycles. The summed E-state index contributed by atoms with van der Waals surface area (Å²) in [6.07, 6.45) is 0.990. The maximum Gasteiger partial charge on any atom is 0.127 e. The Morgan fingerprint density at radius 2 is 2.14 bits per heavy atom. The number of nitrogens with two attached hydrogens (primary N) is 1. The summed E-state index contributed by atoms with van der Waals surface area (Å²) in [6, 6.07) is 12.8. The number of hydrogen-bond donors (Lipinski definition) is 1. The van der Waals surface area contributed by atoms with Gasteiger partial charge >= 0.3 is 0 Å². The second-order valence-corrected chi connectivity index (χ2v) is 6.68. The van der Waals surface area contributed by atoms with Gasteiger partial charge in [0, 0.05) is 27.8 Å². The van der Waals surface area contributed by atoms with Crippen molar-refractivity contribution in [1.29, 1.82) is 0 Å². The lowest BCUT2D eigenvalue weighted by Crippen LogP contribution is -2.16. The lowest BCUT2D eigenvalue weighted by Gasteiger charge is -2.16. The third-order valence-electron chi connectivity index (χ3n) is 3.60. The van der Waals surface area contributed by atoms with Crippen molar-refractivity contribution in [1.82, 2.24) is 0 Å². The minimum Gasteiger partial charge on any atom is -0.492 e. The first kappa shape index (κ1) is 14.4. The fourth-order valence-corrected chi connectivity index (χ4v) is 3.76. The van der Waals surface area contributed by atoms with E-state index in [1.54, 1.807) is 6.07 Å². The topological polar surface area (TPSA) is 35.2 Å². The molecular formula is C17H18FNOS. The first-order chi connectivity index (χ1) is 10.1. The van der Waals surface area contributed by atoms with Crippen LogP contribution in [0.5, 0.6) is 5.75 Å². The Balaban J connectivity index is 1.68. The van der Waals surface area contributed by atoms with Crippen LogP contribution in [0.4, 0.5) is 4.39 Å². The van der Waals surface area contributed by atoms with Crippen molar-refractivity contribution in [3.63, 3.8) is 0 Å². The molecule has 1 aliphatic rings. The summed E-state index contributed by atoms with van der Waals surface area (Å²) in [5.41, 5.74) is 8.12. The van der Waals surface area contributed by atoms with Crippen LogP contribution < -0.4 is 10.5 Å². The Morgan fingerprint density at radius 1 is 1.33 bits per heavy atom. The molecule has 0 radical (unpaired) electrons. The highest BCUT2D eigenvalue weighted by Gasteiger charge is 2.22. The van der Waals surface area contributed by atoms with E-state index >= 15 is 0 Å². The van der Waals surface area contributed by atoms with E-state index in [9.17, 15) is 4.39 Å². The van der Waals surface area contributed by atoms with Crippen molar-refractivity contribution < 1.29 is 9.13 Å². The molecule has 1 aliphatic heterocycles. The van der Waals surface area contributed by atoms with Crippen molar-refractivity contribution in [2.75, 3.05) is 6.61 Å². The Kier molecular flexibility index (Phi) is 4.17. The van der Waals surface area contributed by atoms with Gasteiger partial charge in [0.1, 0.15) is 18.2 Å². The predicted molar refractivity (Wildman–Crippen MR) is 84.3 cm³/mol. The van der Waals surface area contributed by atoms with E-state index in [-0.39, 0.29) is 11.9 Å². The molecule has 1 heterocycles. The highest BCUT2D eigenvalue weighted by Crippen LogP contribution is 2.37. The zero-order valence-corrected chi connectivity index (χ0v) is 12.7. The molecule has 3 rings (SSSR count). The average molecular weight is 303 g/mol. The van der Waals surface area contributed by atoms with Crippen LogP contribution in [0.15, 0.2) is 47.4 Å². The molecule has 0 spiro atoms. The van der Waals surface area contributed by atoms with Gasteiger partial charge in [-0.15, -0.1) is 11.8 Å². The first-order valence-corrected chi connectivity index (χ1v) is 7.94. The van der Waals surface area contributed by atoms with Gasteiger partial charge in [0.15, 0.2) is 0 Å². The molecule has 0 saturated carbocycles. The van der Waals surface area contributed by atoms with Gasteiger partial charge in [0.25, 0.3) is 0 Å². The van der Waals surface area contributed by atoms with Crippen LogP contribution in [0.25, 0.3) is 0 Å².